The molecule has 15 heavy (non-hydrogen) atoms. The molecular weight excluding hydrogens is 261 g/mol. The number of aromatic nitrogens is 3. The minimum Gasteiger partial charge on any atom is -0.324 e. The molecule has 1 atom stereocenters. The van der Waals surface area contributed by atoms with Crippen molar-refractivity contribution in [3.63, 3.8) is 0 Å². The Bertz CT molecular complexity index is 495. The van der Waals surface area contributed by atoms with Crippen molar-refractivity contribution in [1.29, 1.82) is 0 Å². The highest BCUT2D eigenvalue weighted by atomic mass is 79.9. The standard InChI is InChI=1S/C10H11BrFN3/c1-3-6(2)15-5-13-7-4-8(11)14-10(12)9(7)15/h4-6H,3H2,1-2H3/t6-/m0/s1. The van der Waals surface area contributed by atoms with Crippen LogP contribution in [0.3, 0.4) is 0 Å². The molecule has 0 aliphatic heterocycles. The van der Waals surface area contributed by atoms with Gasteiger partial charge in [0, 0.05) is 6.04 Å². The van der Waals surface area contributed by atoms with E-state index in [1.54, 1.807) is 12.4 Å². The maximum absolute atomic E-state index is 13.6. The van der Waals surface area contributed by atoms with E-state index in [1.165, 1.54) is 0 Å². The molecule has 80 valence electrons. The van der Waals surface area contributed by atoms with E-state index >= 15 is 0 Å². The summed E-state index contributed by atoms with van der Waals surface area (Å²) in [6.07, 6.45) is 2.59. The number of rotatable bonds is 2. The van der Waals surface area contributed by atoms with Crippen LogP contribution in [0.1, 0.15) is 26.3 Å². The Morgan fingerprint density at radius 1 is 1.60 bits per heavy atom. The number of fused-ring (bicyclic) bond motifs is 1. The summed E-state index contributed by atoms with van der Waals surface area (Å²) in [5.41, 5.74) is 1.11. The van der Waals surface area contributed by atoms with E-state index in [-0.39, 0.29) is 6.04 Å². The maximum atomic E-state index is 13.6. The zero-order valence-corrected chi connectivity index (χ0v) is 10.1. The Balaban J connectivity index is 2.69. The second-order valence-electron chi connectivity index (χ2n) is 3.51. The molecule has 2 aromatic rings. The molecule has 2 rings (SSSR count). The molecule has 0 amide bonds. The molecule has 0 fully saturated rings. The van der Waals surface area contributed by atoms with Gasteiger partial charge in [-0.2, -0.15) is 4.39 Å². The third-order valence-electron chi connectivity index (χ3n) is 2.54. The van der Waals surface area contributed by atoms with E-state index in [0.29, 0.717) is 15.6 Å². The van der Waals surface area contributed by atoms with Gasteiger partial charge in [0.15, 0.2) is 0 Å². The molecule has 0 unspecified atom stereocenters. The van der Waals surface area contributed by atoms with Crippen LogP contribution in [0.2, 0.25) is 0 Å². The fraction of sp³-hybridized carbons (Fsp3) is 0.400. The van der Waals surface area contributed by atoms with Gasteiger partial charge in [0.2, 0.25) is 5.95 Å². The molecule has 0 radical (unpaired) electrons. The maximum Gasteiger partial charge on any atom is 0.240 e. The van der Waals surface area contributed by atoms with Crippen LogP contribution in [0.25, 0.3) is 11.0 Å². The summed E-state index contributed by atoms with van der Waals surface area (Å²) < 4.78 is 15.9. The summed E-state index contributed by atoms with van der Waals surface area (Å²) in [7, 11) is 0. The number of halogens is 2. The predicted molar refractivity (Wildman–Crippen MR) is 60.2 cm³/mol. The lowest BCUT2D eigenvalue weighted by Crippen LogP contribution is -2.03. The van der Waals surface area contributed by atoms with Gasteiger partial charge < -0.3 is 4.57 Å². The number of nitrogens with zero attached hydrogens (tertiary/aromatic N) is 3. The number of hydrogen-bond acceptors (Lipinski definition) is 2. The minimum atomic E-state index is -0.475. The third-order valence-corrected chi connectivity index (χ3v) is 2.95. The van der Waals surface area contributed by atoms with Gasteiger partial charge in [0.25, 0.3) is 0 Å². The third kappa shape index (κ3) is 1.76. The lowest BCUT2D eigenvalue weighted by Gasteiger charge is -2.11. The number of pyridine rings is 1. The van der Waals surface area contributed by atoms with E-state index in [0.717, 1.165) is 6.42 Å². The van der Waals surface area contributed by atoms with Crippen molar-refractivity contribution < 1.29 is 4.39 Å². The van der Waals surface area contributed by atoms with Crippen LogP contribution in [0, 0.1) is 5.95 Å². The van der Waals surface area contributed by atoms with Crippen LogP contribution >= 0.6 is 15.9 Å². The Kier molecular flexibility index (Phi) is 2.73. The van der Waals surface area contributed by atoms with Gasteiger partial charge >= 0.3 is 0 Å². The molecule has 0 saturated heterocycles. The Hall–Kier alpha value is -0.970. The van der Waals surface area contributed by atoms with Crippen LogP contribution in [-0.4, -0.2) is 14.5 Å². The zero-order chi connectivity index (χ0) is 11.0. The van der Waals surface area contributed by atoms with Crippen LogP contribution in [-0.2, 0) is 0 Å². The molecule has 2 aromatic heterocycles. The molecule has 0 spiro atoms. The molecule has 0 aliphatic carbocycles. The van der Waals surface area contributed by atoms with Crippen molar-refractivity contribution in [2.24, 2.45) is 0 Å². The highest BCUT2D eigenvalue weighted by Gasteiger charge is 2.13. The van der Waals surface area contributed by atoms with Gasteiger partial charge in [0.1, 0.15) is 10.1 Å². The van der Waals surface area contributed by atoms with E-state index in [4.69, 9.17) is 0 Å². The van der Waals surface area contributed by atoms with E-state index in [9.17, 15) is 4.39 Å². The first-order chi connectivity index (χ1) is 7.13. The molecule has 2 heterocycles. The summed E-state index contributed by atoms with van der Waals surface area (Å²) in [6.45, 7) is 4.09. The average Bonchev–Trinajstić information content (AvgIpc) is 2.60. The van der Waals surface area contributed by atoms with Crippen molar-refractivity contribution in [3.05, 3.63) is 22.9 Å². The predicted octanol–water partition coefficient (Wildman–Crippen LogP) is 3.30. The normalized spacial score (nSPS) is 13.3. The van der Waals surface area contributed by atoms with Crippen molar-refractivity contribution in [2.45, 2.75) is 26.3 Å². The van der Waals surface area contributed by atoms with E-state index in [1.807, 2.05) is 11.5 Å². The Morgan fingerprint density at radius 3 is 3.00 bits per heavy atom. The molecule has 0 saturated carbocycles. The molecule has 0 aliphatic rings. The van der Waals surface area contributed by atoms with Crippen molar-refractivity contribution in [2.75, 3.05) is 0 Å². The second kappa shape index (κ2) is 3.89. The van der Waals surface area contributed by atoms with Gasteiger partial charge in [-0.15, -0.1) is 0 Å². The van der Waals surface area contributed by atoms with Crippen LogP contribution in [0.4, 0.5) is 4.39 Å². The molecule has 0 aromatic carbocycles. The quantitative estimate of drug-likeness (QED) is 0.785. The second-order valence-corrected chi connectivity index (χ2v) is 4.33. The lowest BCUT2D eigenvalue weighted by atomic mass is 10.2. The van der Waals surface area contributed by atoms with E-state index < -0.39 is 5.95 Å². The van der Waals surface area contributed by atoms with Crippen LogP contribution in [0.15, 0.2) is 17.0 Å². The van der Waals surface area contributed by atoms with Crippen molar-refractivity contribution >= 4 is 27.0 Å². The van der Waals surface area contributed by atoms with Gasteiger partial charge in [-0.3, -0.25) is 0 Å². The van der Waals surface area contributed by atoms with Crippen LogP contribution < -0.4 is 0 Å². The SMILES string of the molecule is CC[C@H](C)n1cnc2cc(Br)nc(F)c21. The minimum absolute atomic E-state index is 0.229. The van der Waals surface area contributed by atoms with Crippen LogP contribution in [0.5, 0.6) is 0 Å². The Labute approximate surface area is 95.5 Å². The van der Waals surface area contributed by atoms with Gasteiger partial charge in [0.05, 0.1) is 11.8 Å². The van der Waals surface area contributed by atoms with Gasteiger partial charge in [-0.05, 0) is 35.3 Å². The smallest absolute Gasteiger partial charge is 0.240 e. The average molecular weight is 272 g/mol. The van der Waals surface area contributed by atoms with Crippen molar-refractivity contribution in [3.8, 4) is 0 Å². The largest absolute Gasteiger partial charge is 0.324 e. The summed E-state index contributed by atoms with van der Waals surface area (Å²) in [5, 5.41) is 0. The van der Waals surface area contributed by atoms with Crippen molar-refractivity contribution in [1.82, 2.24) is 14.5 Å². The summed E-state index contributed by atoms with van der Waals surface area (Å²) >= 11 is 3.15. The first-order valence-corrected chi connectivity index (χ1v) is 5.61. The summed E-state index contributed by atoms with van der Waals surface area (Å²) in [6, 6.07) is 1.95. The molecule has 0 bridgehead atoms. The summed E-state index contributed by atoms with van der Waals surface area (Å²) in [4.78, 5) is 7.90. The molecule has 0 N–H and O–H groups in total. The van der Waals surface area contributed by atoms with E-state index in [2.05, 4.69) is 32.8 Å². The fourth-order valence-electron chi connectivity index (χ4n) is 1.52. The monoisotopic (exact) mass is 271 g/mol. The molecule has 3 nitrogen and oxygen atoms in total. The summed E-state index contributed by atoms with van der Waals surface area (Å²) in [5.74, 6) is -0.475. The first kappa shape index (κ1) is 10.5. The zero-order valence-electron chi connectivity index (χ0n) is 8.54. The first-order valence-electron chi connectivity index (χ1n) is 4.82. The Morgan fingerprint density at radius 2 is 2.33 bits per heavy atom. The number of imidazole rings is 1. The number of hydrogen-bond donors (Lipinski definition) is 0. The van der Waals surface area contributed by atoms with Gasteiger partial charge in [-0.25, -0.2) is 9.97 Å². The molecule has 5 heteroatoms. The topological polar surface area (TPSA) is 30.7 Å². The highest BCUT2D eigenvalue weighted by Crippen LogP contribution is 2.23. The molecular formula is C10H11BrFN3. The lowest BCUT2D eigenvalue weighted by molar-refractivity contribution is 0.524. The highest BCUT2D eigenvalue weighted by molar-refractivity contribution is 9.10. The fourth-order valence-corrected chi connectivity index (χ4v) is 1.89. The van der Waals surface area contributed by atoms with Gasteiger partial charge in [-0.1, -0.05) is 6.92 Å².